The van der Waals surface area contributed by atoms with E-state index in [1.54, 1.807) is 28.4 Å². The first kappa shape index (κ1) is 20.3. The van der Waals surface area contributed by atoms with Crippen LogP contribution in [0.3, 0.4) is 0 Å². The zero-order valence-electron chi connectivity index (χ0n) is 16.0. The SMILES string of the molecule is CCOCC(=O)N1CCc2ccc(S(=O)(=O)N3CCCC3COC)cc2C1. The lowest BCUT2D eigenvalue weighted by atomic mass is 10.00. The van der Waals surface area contributed by atoms with E-state index in [2.05, 4.69) is 0 Å². The first-order chi connectivity index (χ1) is 13.0. The van der Waals surface area contributed by atoms with Gasteiger partial charge in [-0.3, -0.25) is 4.79 Å². The Morgan fingerprint density at radius 3 is 2.81 bits per heavy atom. The number of hydrogen-bond acceptors (Lipinski definition) is 5. The molecule has 2 aliphatic heterocycles. The van der Waals surface area contributed by atoms with Gasteiger partial charge in [0.15, 0.2) is 0 Å². The van der Waals surface area contributed by atoms with Crippen LogP contribution in [0.25, 0.3) is 0 Å². The number of nitrogens with zero attached hydrogens (tertiary/aromatic N) is 2. The van der Waals surface area contributed by atoms with Crippen LogP contribution < -0.4 is 0 Å². The van der Waals surface area contributed by atoms with Gasteiger partial charge in [-0.15, -0.1) is 0 Å². The Hall–Kier alpha value is -1.48. The first-order valence-corrected chi connectivity index (χ1v) is 10.9. The fraction of sp³-hybridized carbons (Fsp3) is 0.632. The lowest BCUT2D eigenvalue weighted by Crippen LogP contribution is -2.39. The van der Waals surface area contributed by atoms with Crippen LogP contribution in [0.1, 0.15) is 30.9 Å². The Labute approximate surface area is 161 Å². The minimum Gasteiger partial charge on any atom is -0.383 e. The zero-order valence-corrected chi connectivity index (χ0v) is 16.8. The number of benzene rings is 1. The van der Waals surface area contributed by atoms with Crippen LogP contribution in [-0.4, -0.2) is 69.6 Å². The van der Waals surface area contributed by atoms with Crippen molar-refractivity contribution in [3.8, 4) is 0 Å². The summed E-state index contributed by atoms with van der Waals surface area (Å²) in [4.78, 5) is 14.3. The van der Waals surface area contributed by atoms with Gasteiger partial charge in [-0.25, -0.2) is 8.42 Å². The van der Waals surface area contributed by atoms with E-state index in [1.807, 2.05) is 13.0 Å². The normalized spacial score (nSPS) is 20.7. The highest BCUT2D eigenvalue weighted by molar-refractivity contribution is 7.89. The number of rotatable bonds is 7. The Kier molecular flexibility index (Phi) is 6.52. The number of carbonyl (C=O) groups excluding carboxylic acids is 1. The number of sulfonamides is 1. The highest BCUT2D eigenvalue weighted by Crippen LogP contribution is 2.29. The molecule has 0 radical (unpaired) electrons. The second kappa shape index (κ2) is 8.68. The van der Waals surface area contributed by atoms with E-state index in [4.69, 9.17) is 9.47 Å². The van der Waals surface area contributed by atoms with E-state index < -0.39 is 10.0 Å². The molecule has 8 heteroatoms. The van der Waals surface area contributed by atoms with Crippen LogP contribution in [0.2, 0.25) is 0 Å². The molecule has 0 aromatic heterocycles. The third-order valence-electron chi connectivity index (χ3n) is 5.26. The summed E-state index contributed by atoms with van der Waals surface area (Å²) in [6.45, 7) is 4.40. The molecule has 2 aliphatic rings. The van der Waals surface area contributed by atoms with Crippen molar-refractivity contribution in [1.82, 2.24) is 9.21 Å². The summed E-state index contributed by atoms with van der Waals surface area (Å²) in [6, 6.07) is 5.19. The van der Waals surface area contributed by atoms with Crippen molar-refractivity contribution in [1.29, 1.82) is 0 Å². The molecule has 1 unspecified atom stereocenters. The van der Waals surface area contributed by atoms with Crippen molar-refractivity contribution >= 4 is 15.9 Å². The zero-order chi connectivity index (χ0) is 19.4. The summed E-state index contributed by atoms with van der Waals surface area (Å²) in [6.07, 6.45) is 2.39. The lowest BCUT2D eigenvalue weighted by Gasteiger charge is -2.30. The molecule has 1 aromatic carbocycles. The quantitative estimate of drug-likeness (QED) is 0.697. The van der Waals surface area contributed by atoms with Gasteiger partial charge < -0.3 is 14.4 Å². The van der Waals surface area contributed by atoms with Crippen molar-refractivity contribution in [2.24, 2.45) is 0 Å². The molecule has 1 amide bonds. The molecule has 0 N–H and O–H groups in total. The van der Waals surface area contributed by atoms with Gasteiger partial charge in [0.1, 0.15) is 6.61 Å². The van der Waals surface area contributed by atoms with Gasteiger partial charge >= 0.3 is 0 Å². The third-order valence-corrected chi connectivity index (χ3v) is 7.21. The van der Waals surface area contributed by atoms with Crippen molar-refractivity contribution in [3.63, 3.8) is 0 Å². The average molecular weight is 397 g/mol. The second-order valence-electron chi connectivity index (χ2n) is 7.00. The summed E-state index contributed by atoms with van der Waals surface area (Å²) >= 11 is 0. The summed E-state index contributed by atoms with van der Waals surface area (Å²) < 4.78 is 38.2. The Balaban J connectivity index is 1.80. The number of ether oxygens (including phenoxy) is 2. The molecule has 0 spiro atoms. The molecule has 2 heterocycles. The van der Waals surface area contributed by atoms with Crippen LogP contribution >= 0.6 is 0 Å². The van der Waals surface area contributed by atoms with Crippen LogP contribution in [0.4, 0.5) is 0 Å². The first-order valence-electron chi connectivity index (χ1n) is 9.45. The topological polar surface area (TPSA) is 76.2 Å². The van der Waals surface area contributed by atoms with Gasteiger partial charge in [-0.2, -0.15) is 4.31 Å². The van der Waals surface area contributed by atoms with E-state index in [0.29, 0.717) is 37.7 Å². The van der Waals surface area contributed by atoms with E-state index >= 15 is 0 Å². The van der Waals surface area contributed by atoms with Crippen molar-refractivity contribution in [2.45, 2.75) is 43.7 Å². The van der Waals surface area contributed by atoms with Crippen LogP contribution in [-0.2, 0) is 37.3 Å². The van der Waals surface area contributed by atoms with E-state index in [1.165, 1.54) is 0 Å². The lowest BCUT2D eigenvalue weighted by molar-refractivity contribution is -0.136. The maximum absolute atomic E-state index is 13.1. The molecule has 0 aliphatic carbocycles. The number of fused-ring (bicyclic) bond motifs is 1. The summed E-state index contributed by atoms with van der Waals surface area (Å²) in [7, 11) is -1.98. The predicted octanol–water partition coefficient (Wildman–Crippen LogP) is 1.41. The van der Waals surface area contributed by atoms with Gasteiger partial charge in [0.25, 0.3) is 0 Å². The van der Waals surface area contributed by atoms with Gasteiger partial charge in [0.2, 0.25) is 15.9 Å². The number of carbonyl (C=O) groups is 1. The van der Waals surface area contributed by atoms with Crippen LogP contribution in [0.5, 0.6) is 0 Å². The Morgan fingerprint density at radius 1 is 1.26 bits per heavy atom. The van der Waals surface area contributed by atoms with Gasteiger partial charge in [0.05, 0.1) is 11.5 Å². The van der Waals surface area contributed by atoms with Crippen LogP contribution in [0.15, 0.2) is 23.1 Å². The molecule has 1 atom stereocenters. The molecule has 150 valence electrons. The molecular weight excluding hydrogens is 368 g/mol. The highest BCUT2D eigenvalue weighted by atomic mass is 32.2. The third kappa shape index (κ3) is 4.34. The smallest absolute Gasteiger partial charge is 0.248 e. The summed E-state index contributed by atoms with van der Waals surface area (Å²) in [5.41, 5.74) is 2.00. The molecule has 7 nitrogen and oxygen atoms in total. The molecule has 27 heavy (non-hydrogen) atoms. The minimum absolute atomic E-state index is 0.0598. The standard InChI is InChI=1S/C19H28N2O5S/c1-3-26-14-19(22)20-10-8-15-6-7-18(11-16(15)12-20)27(23,24)21-9-4-5-17(21)13-25-2/h6-7,11,17H,3-5,8-10,12-14H2,1-2H3. The minimum atomic E-state index is -3.57. The van der Waals surface area contributed by atoms with Gasteiger partial charge in [-0.05, 0) is 49.4 Å². The Bertz CT molecular complexity index is 780. The molecule has 1 fully saturated rings. The number of hydrogen-bond donors (Lipinski definition) is 0. The number of methoxy groups -OCH3 is 1. The van der Waals surface area contributed by atoms with Crippen LogP contribution in [0, 0.1) is 0 Å². The molecule has 0 saturated carbocycles. The van der Waals surface area contributed by atoms with Gasteiger partial charge in [0, 0.05) is 39.4 Å². The van der Waals surface area contributed by atoms with E-state index in [0.717, 1.165) is 30.4 Å². The molecule has 0 bridgehead atoms. The van der Waals surface area contributed by atoms with E-state index in [-0.39, 0.29) is 18.6 Å². The summed E-state index contributed by atoms with van der Waals surface area (Å²) in [5, 5.41) is 0. The van der Waals surface area contributed by atoms with Crippen molar-refractivity contribution in [3.05, 3.63) is 29.3 Å². The van der Waals surface area contributed by atoms with Gasteiger partial charge in [-0.1, -0.05) is 6.07 Å². The monoisotopic (exact) mass is 396 g/mol. The molecule has 1 saturated heterocycles. The van der Waals surface area contributed by atoms with Crippen molar-refractivity contribution in [2.75, 3.05) is 40.0 Å². The van der Waals surface area contributed by atoms with Crippen molar-refractivity contribution < 1.29 is 22.7 Å². The largest absolute Gasteiger partial charge is 0.383 e. The fourth-order valence-corrected chi connectivity index (χ4v) is 5.54. The molecule has 3 rings (SSSR count). The second-order valence-corrected chi connectivity index (χ2v) is 8.89. The fourth-order valence-electron chi connectivity index (χ4n) is 3.81. The number of amides is 1. The summed E-state index contributed by atoms with van der Waals surface area (Å²) in [5.74, 6) is -0.0598. The predicted molar refractivity (Wildman–Crippen MR) is 101 cm³/mol. The van der Waals surface area contributed by atoms with E-state index in [9.17, 15) is 13.2 Å². The molecule has 1 aromatic rings. The average Bonchev–Trinajstić information content (AvgIpc) is 3.14. The maximum Gasteiger partial charge on any atom is 0.248 e. The molecular formula is C19H28N2O5S. The highest BCUT2D eigenvalue weighted by Gasteiger charge is 2.35. The Morgan fingerprint density at radius 2 is 2.07 bits per heavy atom. The maximum atomic E-state index is 13.1.